The van der Waals surface area contributed by atoms with Gasteiger partial charge in [-0.3, -0.25) is 4.79 Å². The molecule has 2 aromatic heterocycles. The summed E-state index contributed by atoms with van der Waals surface area (Å²) in [6.07, 6.45) is -2.71. The molecule has 0 bridgehead atoms. The second kappa shape index (κ2) is 12.4. The van der Waals surface area contributed by atoms with Crippen molar-refractivity contribution >= 4 is 5.91 Å². The largest absolute Gasteiger partial charge is 0.405 e. The number of hydrogen-bond donors (Lipinski definition) is 2. The van der Waals surface area contributed by atoms with E-state index >= 15 is 0 Å². The number of carbonyl (C=O) groups excluding carboxylic acids is 1. The van der Waals surface area contributed by atoms with Gasteiger partial charge in [0.25, 0.3) is 5.91 Å². The molecule has 0 saturated heterocycles. The lowest BCUT2D eigenvalue weighted by atomic mass is 9.93. The Morgan fingerprint density at radius 2 is 1.67 bits per heavy atom. The van der Waals surface area contributed by atoms with E-state index in [0.29, 0.717) is 36.7 Å². The quantitative estimate of drug-likeness (QED) is 0.206. The van der Waals surface area contributed by atoms with Crippen LogP contribution < -0.4 is 5.32 Å². The molecule has 0 saturated carbocycles. The summed E-state index contributed by atoms with van der Waals surface area (Å²) in [6, 6.07) is 24.0. The van der Waals surface area contributed by atoms with E-state index in [2.05, 4.69) is 31.7 Å². The molecule has 0 aliphatic rings. The molecular formula is C31H30F3N7O. The highest BCUT2D eigenvalue weighted by molar-refractivity contribution is 5.94. The summed E-state index contributed by atoms with van der Waals surface area (Å²) in [7, 11) is 0. The zero-order valence-electron chi connectivity index (χ0n) is 23.2. The molecule has 11 heteroatoms. The SMILES string of the molecule is CCCc1nc(CC)c(C(=O)NCC(F)(F)F)n1Cc1ccc(-c2cc(-c3ccccc3)ccc2-c2nn[nH]n2)cc1. The third-order valence-corrected chi connectivity index (χ3v) is 6.91. The summed E-state index contributed by atoms with van der Waals surface area (Å²) < 4.78 is 40.3. The number of imidazole rings is 1. The number of rotatable bonds is 10. The first-order chi connectivity index (χ1) is 20.3. The zero-order valence-corrected chi connectivity index (χ0v) is 23.2. The van der Waals surface area contributed by atoms with Gasteiger partial charge in [0.1, 0.15) is 18.1 Å². The topological polar surface area (TPSA) is 101 Å². The van der Waals surface area contributed by atoms with Gasteiger partial charge < -0.3 is 9.88 Å². The molecule has 8 nitrogen and oxygen atoms in total. The third kappa shape index (κ3) is 6.40. The molecule has 0 radical (unpaired) electrons. The number of halogens is 3. The number of benzene rings is 3. The fraction of sp³-hybridized carbons (Fsp3) is 0.258. The normalized spacial score (nSPS) is 11.5. The number of aromatic nitrogens is 6. The Labute approximate surface area is 241 Å². The molecule has 0 aliphatic carbocycles. The second-order valence-electron chi connectivity index (χ2n) is 9.87. The van der Waals surface area contributed by atoms with Crippen molar-refractivity contribution in [2.75, 3.05) is 6.54 Å². The van der Waals surface area contributed by atoms with E-state index in [9.17, 15) is 18.0 Å². The van der Waals surface area contributed by atoms with Gasteiger partial charge in [0, 0.05) is 18.5 Å². The molecule has 0 aliphatic heterocycles. The Morgan fingerprint density at radius 1 is 0.929 bits per heavy atom. The van der Waals surface area contributed by atoms with Crippen molar-refractivity contribution in [3.05, 3.63) is 95.6 Å². The molecule has 216 valence electrons. The number of aryl methyl sites for hydroxylation is 2. The van der Waals surface area contributed by atoms with E-state index in [1.165, 1.54) is 0 Å². The Balaban J connectivity index is 1.50. The first kappa shape index (κ1) is 28.7. The third-order valence-electron chi connectivity index (χ3n) is 6.91. The van der Waals surface area contributed by atoms with E-state index in [1.54, 1.807) is 4.57 Å². The van der Waals surface area contributed by atoms with Gasteiger partial charge >= 0.3 is 6.18 Å². The van der Waals surface area contributed by atoms with E-state index in [0.717, 1.165) is 39.8 Å². The number of tetrazole rings is 1. The highest BCUT2D eigenvalue weighted by atomic mass is 19.4. The maximum atomic E-state index is 12.9. The molecule has 0 spiro atoms. The molecule has 5 aromatic rings. The van der Waals surface area contributed by atoms with Crippen LogP contribution in [0.1, 0.15) is 47.8 Å². The molecule has 0 unspecified atom stereocenters. The van der Waals surface area contributed by atoms with Crippen LogP contribution in [0.2, 0.25) is 0 Å². The number of H-pyrrole nitrogens is 1. The predicted molar refractivity (Wildman–Crippen MR) is 154 cm³/mol. The van der Waals surface area contributed by atoms with Gasteiger partial charge in [-0.1, -0.05) is 74.5 Å². The Hall–Kier alpha value is -4.80. The lowest BCUT2D eigenvalue weighted by Crippen LogP contribution is -2.35. The van der Waals surface area contributed by atoms with Crippen LogP contribution >= 0.6 is 0 Å². The number of hydrogen-bond acceptors (Lipinski definition) is 5. The average Bonchev–Trinajstić information content (AvgIpc) is 3.65. The highest BCUT2D eigenvalue weighted by Gasteiger charge is 2.30. The van der Waals surface area contributed by atoms with Crippen LogP contribution in [-0.4, -0.2) is 48.8 Å². The maximum Gasteiger partial charge on any atom is 0.405 e. The van der Waals surface area contributed by atoms with E-state index < -0.39 is 18.6 Å². The summed E-state index contributed by atoms with van der Waals surface area (Å²) in [5.41, 5.74) is 6.29. The number of aromatic amines is 1. The number of nitrogens with zero attached hydrogens (tertiary/aromatic N) is 5. The van der Waals surface area contributed by atoms with Gasteiger partial charge in [-0.05, 0) is 58.0 Å². The smallest absolute Gasteiger partial charge is 0.342 e. The van der Waals surface area contributed by atoms with Crippen LogP contribution in [0.4, 0.5) is 13.2 Å². The number of carbonyl (C=O) groups is 1. The second-order valence-corrected chi connectivity index (χ2v) is 9.87. The highest BCUT2D eigenvalue weighted by Crippen LogP contribution is 2.34. The Bertz CT molecular complexity index is 1640. The summed E-state index contributed by atoms with van der Waals surface area (Å²) in [4.78, 5) is 17.6. The molecule has 2 heterocycles. The fourth-order valence-electron chi connectivity index (χ4n) is 4.94. The minimum absolute atomic E-state index is 0.171. The van der Waals surface area contributed by atoms with Crippen molar-refractivity contribution in [2.45, 2.75) is 45.8 Å². The molecule has 2 N–H and O–H groups in total. The minimum Gasteiger partial charge on any atom is -0.342 e. The predicted octanol–water partition coefficient (Wildman–Crippen LogP) is 6.25. The minimum atomic E-state index is -4.51. The van der Waals surface area contributed by atoms with E-state index in [1.807, 2.05) is 85.9 Å². The standard InChI is InChI=1S/C31H30F3N7O/c1-3-8-27-36-26(4-2)28(30(42)35-19-31(32,33)34)41(27)18-20-11-13-22(14-12-20)25-17-23(21-9-6-5-7-10-21)15-16-24(25)29-37-39-40-38-29/h5-7,9-17H,3-4,8,18-19H2,1-2H3,(H,35,42)(H,37,38,39,40). The van der Waals surface area contributed by atoms with Crippen LogP contribution in [0.5, 0.6) is 0 Å². The van der Waals surface area contributed by atoms with Crippen LogP contribution in [0.3, 0.4) is 0 Å². The van der Waals surface area contributed by atoms with E-state index in [-0.39, 0.29) is 5.69 Å². The van der Waals surface area contributed by atoms with Gasteiger partial charge in [-0.25, -0.2) is 4.98 Å². The molecule has 0 atom stereocenters. The summed E-state index contributed by atoms with van der Waals surface area (Å²) in [5, 5.41) is 16.6. The van der Waals surface area contributed by atoms with Crippen LogP contribution in [0.25, 0.3) is 33.6 Å². The monoisotopic (exact) mass is 573 g/mol. The molecule has 1 amide bonds. The maximum absolute atomic E-state index is 12.9. The zero-order chi connectivity index (χ0) is 29.7. The number of amides is 1. The number of nitrogens with one attached hydrogen (secondary N) is 2. The fourth-order valence-corrected chi connectivity index (χ4v) is 4.94. The van der Waals surface area contributed by atoms with Crippen molar-refractivity contribution in [2.24, 2.45) is 0 Å². The van der Waals surface area contributed by atoms with Crippen molar-refractivity contribution in [1.82, 2.24) is 35.5 Å². The van der Waals surface area contributed by atoms with E-state index in [4.69, 9.17) is 0 Å². The van der Waals surface area contributed by atoms with Gasteiger partial charge in [-0.15, -0.1) is 10.2 Å². The first-order valence-electron chi connectivity index (χ1n) is 13.7. The molecule has 0 fully saturated rings. The molecule has 3 aromatic carbocycles. The van der Waals surface area contributed by atoms with Crippen molar-refractivity contribution in [3.63, 3.8) is 0 Å². The Kier molecular flexibility index (Phi) is 8.46. The number of alkyl halides is 3. The Morgan fingerprint density at radius 3 is 2.31 bits per heavy atom. The average molecular weight is 574 g/mol. The van der Waals surface area contributed by atoms with Gasteiger partial charge in [0.15, 0.2) is 0 Å². The van der Waals surface area contributed by atoms with Crippen molar-refractivity contribution in [3.8, 4) is 33.6 Å². The van der Waals surface area contributed by atoms with Gasteiger partial charge in [0.2, 0.25) is 5.82 Å². The molecule has 5 rings (SSSR count). The lowest BCUT2D eigenvalue weighted by molar-refractivity contribution is -0.123. The van der Waals surface area contributed by atoms with Gasteiger partial charge in [-0.2, -0.15) is 18.4 Å². The van der Waals surface area contributed by atoms with Crippen molar-refractivity contribution in [1.29, 1.82) is 0 Å². The van der Waals surface area contributed by atoms with Crippen molar-refractivity contribution < 1.29 is 18.0 Å². The molecular weight excluding hydrogens is 543 g/mol. The van der Waals surface area contributed by atoms with Crippen LogP contribution in [0.15, 0.2) is 72.8 Å². The summed E-state index contributed by atoms with van der Waals surface area (Å²) in [5.74, 6) is 0.363. The summed E-state index contributed by atoms with van der Waals surface area (Å²) in [6.45, 7) is 2.72. The molecule has 42 heavy (non-hydrogen) atoms. The van der Waals surface area contributed by atoms with Crippen LogP contribution in [-0.2, 0) is 19.4 Å². The van der Waals surface area contributed by atoms with Gasteiger partial charge in [0.05, 0.1) is 5.69 Å². The summed E-state index contributed by atoms with van der Waals surface area (Å²) >= 11 is 0. The lowest BCUT2D eigenvalue weighted by Gasteiger charge is -2.15. The van der Waals surface area contributed by atoms with Crippen LogP contribution in [0, 0.1) is 0 Å². The first-order valence-corrected chi connectivity index (χ1v) is 13.7.